The topological polar surface area (TPSA) is 151 Å². The van der Waals surface area contributed by atoms with Crippen LogP contribution in [-0.2, 0) is 23.8 Å². The zero-order chi connectivity index (χ0) is 26.7. The molecule has 0 unspecified atom stereocenters. The predicted octanol–water partition coefficient (Wildman–Crippen LogP) is 1.79. The van der Waals surface area contributed by atoms with E-state index in [4.69, 9.17) is 28.1 Å². The Morgan fingerprint density at radius 3 is 2.32 bits per heavy atom. The van der Waals surface area contributed by atoms with Gasteiger partial charge in [0.1, 0.15) is 48.3 Å². The summed E-state index contributed by atoms with van der Waals surface area (Å²) in [5, 5.41) is 21.2. The van der Waals surface area contributed by atoms with E-state index in [2.05, 4.69) is 0 Å². The highest BCUT2D eigenvalue weighted by molar-refractivity contribution is 5.82. The highest BCUT2D eigenvalue weighted by atomic mass is 16.7. The molecule has 11 heteroatoms. The lowest BCUT2D eigenvalue weighted by molar-refractivity contribution is -0.282. The normalized spacial score (nSPS) is 23.3. The molecule has 0 bridgehead atoms. The van der Waals surface area contributed by atoms with Gasteiger partial charge in [-0.3, -0.25) is 14.4 Å². The molecule has 2 aromatic carbocycles. The van der Waals surface area contributed by atoms with Crippen molar-refractivity contribution in [1.82, 2.24) is 0 Å². The van der Waals surface area contributed by atoms with E-state index in [1.165, 1.54) is 31.4 Å². The molecule has 0 spiro atoms. The number of carbonyl (C=O) groups is 2. The molecular weight excluding hydrogens is 488 g/mol. The number of aliphatic hydroxyl groups is 2. The molecule has 1 fully saturated rings. The van der Waals surface area contributed by atoms with Crippen LogP contribution in [0.3, 0.4) is 0 Å². The van der Waals surface area contributed by atoms with Crippen molar-refractivity contribution in [2.45, 2.75) is 44.6 Å². The zero-order valence-electron chi connectivity index (χ0n) is 20.3. The summed E-state index contributed by atoms with van der Waals surface area (Å²) in [6, 6.07) is 11.4. The van der Waals surface area contributed by atoms with E-state index < -0.39 is 42.6 Å². The average Bonchev–Trinajstić information content (AvgIpc) is 2.87. The van der Waals surface area contributed by atoms with Gasteiger partial charge in [-0.15, -0.1) is 0 Å². The number of esters is 2. The van der Waals surface area contributed by atoms with E-state index >= 15 is 0 Å². The van der Waals surface area contributed by atoms with Gasteiger partial charge in [0.15, 0.2) is 11.5 Å². The van der Waals surface area contributed by atoms with Gasteiger partial charge in [-0.2, -0.15) is 0 Å². The number of hydrogen-bond acceptors (Lipinski definition) is 11. The molecule has 1 aliphatic rings. The fourth-order valence-electron chi connectivity index (χ4n) is 3.94. The van der Waals surface area contributed by atoms with Crippen molar-refractivity contribution >= 4 is 22.9 Å². The second kappa shape index (κ2) is 11.0. The van der Waals surface area contributed by atoms with Crippen LogP contribution in [-0.4, -0.2) is 66.6 Å². The summed E-state index contributed by atoms with van der Waals surface area (Å²) in [7, 11) is 1.55. The van der Waals surface area contributed by atoms with Crippen LogP contribution in [0.5, 0.6) is 11.5 Å². The van der Waals surface area contributed by atoms with Gasteiger partial charge in [-0.25, -0.2) is 0 Å². The lowest BCUT2D eigenvalue weighted by Crippen LogP contribution is -2.61. The quantitative estimate of drug-likeness (QED) is 0.444. The summed E-state index contributed by atoms with van der Waals surface area (Å²) >= 11 is 0. The second-order valence-corrected chi connectivity index (χ2v) is 8.38. The number of hydrogen-bond donors (Lipinski definition) is 2. The molecule has 1 aromatic heterocycles. The van der Waals surface area contributed by atoms with E-state index in [-0.39, 0.29) is 23.4 Å². The van der Waals surface area contributed by atoms with E-state index in [1.807, 2.05) is 0 Å². The molecule has 0 radical (unpaired) electrons. The fourth-order valence-corrected chi connectivity index (χ4v) is 3.94. The number of benzene rings is 2. The van der Waals surface area contributed by atoms with Gasteiger partial charge in [0.2, 0.25) is 6.29 Å². The minimum Gasteiger partial charge on any atom is -0.497 e. The summed E-state index contributed by atoms with van der Waals surface area (Å²) in [6.07, 6.45) is -5.68. The van der Waals surface area contributed by atoms with Crippen molar-refractivity contribution < 1.29 is 47.9 Å². The Balaban J connectivity index is 1.61. The number of fused-ring (bicyclic) bond motifs is 1. The SMILES string of the molecule is COc1ccc(-c2coc3cc(O[C@@H]4O[C@@H](COC(C)=O)[C@H](O)[C@H](O)[C@@H]4OC(C)=O)ccc3c2=O)cc1. The summed E-state index contributed by atoms with van der Waals surface area (Å²) in [5.74, 6) is -0.517. The molecule has 0 saturated carbocycles. The Morgan fingerprint density at radius 1 is 0.973 bits per heavy atom. The number of aliphatic hydroxyl groups excluding tert-OH is 2. The smallest absolute Gasteiger partial charge is 0.303 e. The van der Waals surface area contributed by atoms with Crippen LogP contribution >= 0.6 is 0 Å². The Hall–Kier alpha value is -3.93. The molecule has 0 amide bonds. The predicted molar refractivity (Wildman–Crippen MR) is 128 cm³/mol. The molecule has 2 N–H and O–H groups in total. The van der Waals surface area contributed by atoms with Crippen LogP contribution in [0.2, 0.25) is 0 Å². The van der Waals surface area contributed by atoms with E-state index in [0.717, 1.165) is 6.92 Å². The standard InChI is InChI=1S/C26H26O11/c1-13(27)33-12-21-23(30)24(31)25(35-14(2)28)26(37-21)36-17-8-9-18-20(10-17)34-11-19(22(18)29)15-4-6-16(32-3)7-5-15/h4-11,21,23-26,30-31H,12H2,1-3H3/t21-,23-,24-,25-,26+/m0/s1. The Morgan fingerprint density at radius 2 is 1.68 bits per heavy atom. The van der Waals surface area contributed by atoms with Crippen molar-refractivity contribution in [3.63, 3.8) is 0 Å². The fraction of sp³-hybridized carbons (Fsp3) is 0.346. The van der Waals surface area contributed by atoms with Gasteiger partial charge in [-0.05, 0) is 29.8 Å². The molecule has 196 valence electrons. The molecular formula is C26H26O11. The van der Waals surface area contributed by atoms with Crippen LogP contribution in [0.4, 0.5) is 0 Å². The maximum absolute atomic E-state index is 13.1. The largest absolute Gasteiger partial charge is 0.497 e. The van der Waals surface area contributed by atoms with E-state index in [9.17, 15) is 24.6 Å². The Bertz CT molecular complexity index is 1330. The molecule has 37 heavy (non-hydrogen) atoms. The van der Waals surface area contributed by atoms with Crippen molar-refractivity contribution in [1.29, 1.82) is 0 Å². The molecule has 1 saturated heterocycles. The van der Waals surface area contributed by atoms with Crippen LogP contribution in [0.15, 0.2) is 57.9 Å². The van der Waals surface area contributed by atoms with Gasteiger partial charge in [0.05, 0.1) is 18.1 Å². The monoisotopic (exact) mass is 514 g/mol. The third-order valence-electron chi connectivity index (χ3n) is 5.80. The van der Waals surface area contributed by atoms with Gasteiger partial charge >= 0.3 is 11.9 Å². The average molecular weight is 514 g/mol. The summed E-state index contributed by atoms with van der Waals surface area (Å²) in [5.41, 5.74) is 0.976. The minimum absolute atomic E-state index is 0.171. The van der Waals surface area contributed by atoms with Gasteiger partial charge in [-0.1, -0.05) is 12.1 Å². The number of ether oxygens (including phenoxy) is 5. The van der Waals surface area contributed by atoms with Gasteiger partial charge in [0, 0.05) is 19.9 Å². The first-order chi connectivity index (χ1) is 17.7. The third kappa shape index (κ3) is 5.74. The number of rotatable bonds is 7. The first-order valence-electron chi connectivity index (χ1n) is 11.4. The zero-order valence-corrected chi connectivity index (χ0v) is 20.3. The molecule has 4 rings (SSSR count). The third-order valence-corrected chi connectivity index (χ3v) is 5.80. The van der Waals surface area contributed by atoms with E-state index in [1.54, 1.807) is 31.4 Å². The Labute approximate surface area is 211 Å². The van der Waals surface area contributed by atoms with Crippen LogP contribution in [0, 0.1) is 0 Å². The number of carbonyl (C=O) groups excluding carboxylic acids is 2. The van der Waals surface area contributed by atoms with Crippen molar-refractivity contribution in [2.75, 3.05) is 13.7 Å². The molecule has 5 atom stereocenters. The molecule has 11 nitrogen and oxygen atoms in total. The molecule has 2 heterocycles. The highest BCUT2D eigenvalue weighted by Gasteiger charge is 2.48. The second-order valence-electron chi connectivity index (χ2n) is 8.38. The van der Waals surface area contributed by atoms with Crippen LogP contribution in [0.25, 0.3) is 22.1 Å². The lowest BCUT2D eigenvalue weighted by atomic mass is 9.99. The minimum atomic E-state index is -1.59. The van der Waals surface area contributed by atoms with Gasteiger partial charge < -0.3 is 38.3 Å². The van der Waals surface area contributed by atoms with Crippen LogP contribution < -0.4 is 14.9 Å². The van der Waals surface area contributed by atoms with Crippen molar-refractivity contribution in [2.24, 2.45) is 0 Å². The molecule has 0 aliphatic carbocycles. The van der Waals surface area contributed by atoms with Crippen molar-refractivity contribution in [3.8, 4) is 22.6 Å². The van der Waals surface area contributed by atoms with Crippen LogP contribution in [0.1, 0.15) is 13.8 Å². The highest BCUT2D eigenvalue weighted by Crippen LogP contribution is 2.29. The molecule has 1 aliphatic heterocycles. The summed E-state index contributed by atoms with van der Waals surface area (Å²) in [6.45, 7) is 1.96. The maximum Gasteiger partial charge on any atom is 0.303 e. The number of methoxy groups -OCH3 is 1. The maximum atomic E-state index is 13.1. The molecule has 3 aromatic rings. The van der Waals surface area contributed by atoms with Gasteiger partial charge in [0.25, 0.3) is 0 Å². The summed E-state index contributed by atoms with van der Waals surface area (Å²) in [4.78, 5) is 35.9. The first kappa shape index (κ1) is 26.1. The van der Waals surface area contributed by atoms with E-state index in [0.29, 0.717) is 22.3 Å². The first-order valence-corrected chi connectivity index (χ1v) is 11.4. The lowest BCUT2D eigenvalue weighted by Gasteiger charge is -2.41. The summed E-state index contributed by atoms with van der Waals surface area (Å²) < 4.78 is 32.4. The van der Waals surface area contributed by atoms with Crippen molar-refractivity contribution in [3.05, 3.63) is 59.0 Å². The Kier molecular flexibility index (Phi) is 7.77.